The molecule has 4 heteroatoms. The number of hydrogen-bond acceptors (Lipinski definition) is 2. The Morgan fingerprint density at radius 2 is 2.38 bits per heavy atom. The molecular weight excluding hydrogens is 188 g/mol. The summed E-state index contributed by atoms with van der Waals surface area (Å²) in [6.07, 6.45) is 3.19. The van der Waals surface area contributed by atoms with Crippen LogP contribution in [0.25, 0.3) is 0 Å². The third-order valence-corrected chi connectivity index (χ3v) is 2.21. The molecule has 1 amide bonds. The monoisotopic (exact) mass is 202 g/mol. The molecule has 0 aromatic carbocycles. The summed E-state index contributed by atoms with van der Waals surface area (Å²) >= 11 is 5.53. The minimum atomic E-state index is -0.0373. The van der Waals surface area contributed by atoms with Crippen molar-refractivity contribution in [1.82, 2.24) is 10.6 Å². The van der Waals surface area contributed by atoms with E-state index in [1.54, 1.807) is 0 Å². The van der Waals surface area contributed by atoms with Crippen molar-refractivity contribution >= 4 is 17.5 Å². The zero-order valence-corrected chi connectivity index (χ0v) is 8.36. The number of nitrogens with one attached hydrogen (secondary N) is 2. The summed E-state index contributed by atoms with van der Waals surface area (Å²) in [6.45, 7) is 4.79. The lowest BCUT2D eigenvalue weighted by Crippen LogP contribution is -2.46. The Balaban J connectivity index is 2.25. The van der Waals surface area contributed by atoms with E-state index >= 15 is 0 Å². The fraction of sp³-hybridized carbons (Fsp3) is 0.667. The van der Waals surface area contributed by atoms with E-state index in [1.165, 1.54) is 0 Å². The fourth-order valence-corrected chi connectivity index (χ4v) is 1.45. The summed E-state index contributed by atoms with van der Waals surface area (Å²) in [7, 11) is 0. The van der Waals surface area contributed by atoms with E-state index in [1.807, 2.05) is 0 Å². The summed E-state index contributed by atoms with van der Waals surface area (Å²) in [5.41, 5.74) is 0. The van der Waals surface area contributed by atoms with Crippen LogP contribution in [0.3, 0.4) is 0 Å². The van der Waals surface area contributed by atoms with Crippen molar-refractivity contribution in [2.24, 2.45) is 0 Å². The van der Waals surface area contributed by atoms with Crippen LogP contribution in [0.5, 0.6) is 0 Å². The van der Waals surface area contributed by atoms with Gasteiger partial charge in [0.1, 0.15) is 0 Å². The first-order valence-electron chi connectivity index (χ1n) is 4.54. The van der Waals surface area contributed by atoms with Gasteiger partial charge in [-0.25, -0.2) is 0 Å². The van der Waals surface area contributed by atoms with Gasteiger partial charge >= 0.3 is 0 Å². The van der Waals surface area contributed by atoms with Crippen molar-refractivity contribution in [3.05, 3.63) is 11.6 Å². The van der Waals surface area contributed by atoms with Crippen LogP contribution in [0.1, 0.15) is 19.3 Å². The topological polar surface area (TPSA) is 41.1 Å². The first kappa shape index (κ1) is 10.5. The lowest BCUT2D eigenvalue weighted by Gasteiger charge is -2.22. The second kappa shape index (κ2) is 5.25. The molecule has 1 aliphatic rings. The average Bonchev–Trinajstić information content (AvgIpc) is 2.15. The van der Waals surface area contributed by atoms with Crippen molar-refractivity contribution in [2.45, 2.75) is 25.3 Å². The van der Waals surface area contributed by atoms with Crippen molar-refractivity contribution in [2.75, 3.05) is 13.1 Å². The number of carbonyl (C=O) groups excluding carboxylic acids is 1. The van der Waals surface area contributed by atoms with Crippen LogP contribution in [0.2, 0.25) is 0 Å². The molecule has 1 fully saturated rings. The minimum absolute atomic E-state index is 0.0292. The largest absolute Gasteiger partial charge is 0.350 e. The Kier molecular flexibility index (Phi) is 4.25. The van der Waals surface area contributed by atoms with E-state index in [2.05, 4.69) is 17.2 Å². The van der Waals surface area contributed by atoms with Crippen molar-refractivity contribution in [3.8, 4) is 0 Å². The van der Waals surface area contributed by atoms with E-state index < -0.39 is 0 Å². The van der Waals surface area contributed by atoms with Gasteiger partial charge in [-0.3, -0.25) is 4.79 Å². The molecule has 1 rings (SSSR count). The number of rotatable bonds is 3. The summed E-state index contributed by atoms with van der Waals surface area (Å²) in [6, 6.07) is -0.0373. The summed E-state index contributed by atoms with van der Waals surface area (Å²) in [5, 5.41) is 6.34. The first-order chi connectivity index (χ1) is 6.20. The Bertz CT molecular complexity index is 200. The maximum atomic E-state index is 11.4. The van der Waals surface area contributed by atoms with Crippen molar-refractivity contribution in [3.63, 3.8) is 0 Å². The van der Waals surface area contributed by atoms with Crippen molar-refractivity contribution in [1.29, 1.82) is 0 Å². The van der Waals surface area contributed by atoms with Gasteiger partial charge in [0.25, 0.3) is 0 Å². The average molecular weight is 203 g/mol. The third-order valence-electron chi connectivity index (χ3n) is 2.08. The summed E-state index contributed by atoms with van der Waals surface area (Å²) < 4.78 is 0. The first-order valence-corrected chi connectivity index (χ1v) is 4.92. The lowest BCUT2D eigenvalue weighted by atomic mass is 10.0. The molecule has 1 atom stereocenters. The highest BCUT2D eigenvalue weighted by atomic mass is 35.5. The summed E-state index contributed by atoms with van der Waals surface area (Å²) in [4.78, 5) is 11.4. The molecule has 0 bridgehead atoms. The SMILES string of the molecule is C=C(Cl)CNC(=O)C1CCCCN1. The van der Waals surface area contributed by atoms with Crippen LogP contribution in [-0.2, 0) is 4.79 Å². The molecule has 1 unspecified atom stereocenters. The van der Waals surface area contributed by atoms with Crippen LogP contribution in [0, 0.1) is 0 Å². The number of carbonyl (C=O) groups is 1. The maximum Gasteiger partial charge on any atom is 0.237 e. The predicted molar refractivity (Wildman–Crippen MR) is 53.6 cm³/mol. The van der Waals surface area contributed by atoms with Crippen LogP contribution < -0.4 is 10.6 Å². The van der Waals surface area contributed by atoms with Gasteiger partial charge in [-0.1, -0.05) is 24.6 Å². The van der Waals surface area contributed by atoms with Gasteiger partial charge in [-0.05, 0) is 19.4 Å². The van der Waals surface area contributed by atoms with Crippen LogP contribution in [0.4, 0.5) is 0 Å². The van der Waals surface area contributed by atoms with Crippen LogP contribution >= 0.6 is 11.6 Å². The maximum absolute atomic E-state index is 11.4. The molecule has 1 heterocycles. The molecule has 1 saturated heterocycles. The molecule has 2 N–H and O–H groups in total. The van der Waals surface area contributed by atoms with Gasteiger partial charge in [-0.15, -0.1) is 0 Å². The van der Waals surface area contributed by atoms with E-state index in [-0.39, 0.29) is 11.9 Å². The second-order valence-corrected chi connectivity index (χ2v) is 3.77. The van der Waals surface area contributed by atoms with Gasteiger partial charge in [0.15, 0.2) is 0 Å². The van der Waals surface area contributed by atoms with Crippen molar-refractivity contribution < 1.29 is 4.79 Å². The molecule has 0 aromatic rings. The van der Waals surface area contributed by atoms with E-state index in [9.17, 15) is 4.79 Å². The second-order valence-electron chi connectivity index (χ2n) is 3.24. The molecule has 3 nitrogen and oxygen atoms in total. The normalized spacial score (nSPS) is 22.4. The highest BCUT2D eigenvalue weighted by molar-refractivity contribution is 6.29. The molecule has 0 spiro atoms. The van der Waals surface area contributed by atoms with E-state index in [0.717, 1.165) is 25.8 Å². The Morgan fingerprint density at radius 1 is 1.62 bits per heavy atom. The van der Waals surface area contributed by atoms with Gasteiger partial charge in [0.05, 0.1) is 12.6 Å². The highest BCUT2D eigenvalue weighted by Crippen LogP contribution is 2.06. The van der Waals surface area contributed by atoms with Gasteiger partial charge in [-0.2, -0.15) is 0 Å². The third kappa shape index (κ3) is 3.79. The number of halogens is 1. The Hall–Kier alpha value is -0.540. The van der Waals surface area contributed by atoms with Gasteiger partial charge in [0.2, 0.25) is 5.91 Å². The van der Waals surface area contributed by atoms with Crippen LogP contribution in [-0.4, -0.2) is 25.0 Å². The van der Waals surface area contributed by atoms with Gasteiger partial charge < -0.3 is 10.6 Å². The van der Waals surface area contributed by atoms with E-state index in [4.69, 9.17) is 11.6 Å². The zero-order valence-electron chi connectivity index (χ0n) is 7.61. The molecule has 0 radical (unpaired) electrons. The molecule has 13 heavy (non-hydrogen) atoms. The number of piperidine rings is 1. The number of hydrogen-bond donors (Lipinski definition) is 2. The van der Waals surface area contributed by atoms with Gasteiger partial charge in [0, 0.05) is 5.03 Å². The molecule has 0 aliphatic carbocycles. The fourth-order valence-electron chi connectivity index (χ4n) is 1.38. The Labute approximate surface area is 83.5 Å². The predicted octanol–water partition coefficient (Wildman–Crippen LogP) is 0.997. The van der Waals surface area contributed by atoms with Crippen LogP contribution in [0.15, 0.2) is 11.6 Å². The van der Waals surface area contributed by atoms with E-state index in [0.29, 0.717) is 11.6 Å². The Morgan fingerprint density at radius 3 is 2.92 bits per heavy atom. The number of amides is 1. The zero-order chi connectivity index (χ0) is 9.68. The smallest absolute Gasteiger partial charge is 0.237 e. The lowest BCUT2D eigenvalue weighted by molar-refractivity contribution is -0.123. The molecule has 0 aromatic heterocycles. The standard InChI is InChI=1S/C9H15ClN2O/c1-7(10)6-12-9(13)8-4-2-3-5-11-8/h8,11H,1-6H2,(H,12,13). The molecule has 0 saturated carbocycles. The quantitative estimate of drug-likeness (QED) is 0.717. The highest BCUT2D eigenvalue weighted by Gasteiger charge is 2.19. The summed E-state index contributed by atoms with van der Waals surface area (Å²) in [5.74, 6) is 0.0292. The molecular formula is C9H15ClN2O. The minimum Gasteiger partial charge on any atom is -0.350 e. The molecule has 1 aliphatic heterocycles. The molecule has 74 valence electrons.